The van der Waals surface area contributed by atoms with Crippen molar-refractivity contribution < 1.29 is 12.8 Å². The summed E-state index contributed by atoms with van der Waals surface area (Å²) in [5.41, 5.74) is 4.13. The number of thiazole rings is 1. The predicted octanol–water partition coefficient (Wildman–Crippen LogP) is 5.04. The van der Waals surface area contributed by atoms with Gasteiger partial charge in [0.15, 0.2) is 0 Å². The molecule has 1 fully saturated rings. The molecule has 0 spiro atoms. The lowest BCUT2D eigenvalue weighted by Gasteiger charge is -2.42. The van der Waals surface area contributed by atoms with Gasteiger partial charge in [0, 0.05) is 67.0 Å². The van der Waals surface area contributed by atoms with Crippen molar-refractivity contribution in [3.05, 3.63) is 70.5 Å². The monoisotopic (exact) mass is 515 g/mol. The molecule has 0 aliphatic carbocycles. The zero-order valence-corrected chi connectivity index (χ0v) is 21.7. The minimum absolute atomic E-state index is 0.115. The number of aromatic nitrogens is 1. The maximum absolute atomic E-state index is 13.3. The highest BCUT2D eigenvalue weighted by Gasteiger charge is 2.37. The smallest absolute Gasteiger partial charge is 0.270 e. The number of benzene rings is 2. The van der Waals surface area contributed by atoms with Gasteiger partial charge in [-0.25, -0.2) is 17.8 Å². The van der Waals surface area contributed by atoms with Crippen LogP contribution in [-0.4, -0.2) is 55.0 Å². The predicted molar refractivity (Wildman–Crippen MR) is 139 cm³/mol. The standard InChI is InChI=1S/C25H30FN5O2S2/c1-17(2)15-30-9-10-31(35(32,33)25-28-8-11-34-25)16-24(30)22-13-19(14-27)23(12-18(22)3)29-21-6-4-20(26)5-7-21/h4-8,11-14,17,24,27,29H,9-10,15-16H2,1-3H3/t24-/m1/s1. The van der Waals surface area contributed by atoms with Crippen LogP contribution < -0.4 is 5.32 Å². The van der Waals surface area contributed by atoms with Crippen LogP contribution in [0.15, 0.2) is 52.3 Å². The van der Waals surface area contributed by atoms with Crippen molar-refractivity contribution >= 4 is 38.9 Å². The van der Waals surface area contributed by atoms with Crippen molar-refractivity contribution in [1.82, 2.24) is 14.2 Å². The fourth-order valence-electron chi connectivity index (χ4n) is 4.46. The van der Waals surface area contributed by atoms with Crippen LogP contribution in [0.5, 0.6) is 0 Å². The van der Waals surface area contributed by atoms with Crippen molar-refractivity contribution in [2.75, 3.05) is 31.5 Å². The first kappa shape index (κ1) is 25.4. The highest BCUT2D eigenvalue weighted by molar-refractivity contribution is 7.91. The summed E-state index contributed by atoms with van der Waals surface area (Å²) < 4.78 is 41.4. The molecule has 1 aliphatic rings. The second-order valence-corrected chi connectivity index (χ2v) is 12.1. The highest BCUT2D eigenvalue weighted by atomic mass is 32.2. The van der Waals surface area contributed by atoms with Gasteiger partial charge >= 0.3 is 0 Å². The lowest BCUT2D eigenvalue weighted by Crippen LogP contribution is -2.51. The molecule has 0 unspecified atom stereocenters. The van der Waals surface area contributed by atoms with E-state index in [1.54, 1.807) is 17.5 Å². The van der Waals surface area contributed by atoms with E-state index in [4.69, 9.17) is 5.41 Å². The third-order valence-corrected chi connectivity index (χ3v) is 9.14. The molecule has 4 rings (SSSR count). The van der Waals surface area contributed by atoms with E-state index in [0.717, 1.165) is 40.4 Å². The zero-order chi connectivity index (χ0) is 25.2. The molecule has 0 bridgehead atoms. The Kier molecular flexibility index (Phi) is 7.65. The molecule has 35 heavy (non-hydrogen) atoms. The quantitative estimate of drug-likeness (QED) is 0.411. The molecule has 3 aromatic rings. The van der Waals surface area contributed by atoms with E-state index < -0.39 is 10.0 Å². The van der Waals surface area contributed by atoms with Crippen molar-refractivity contribution in [3.63, 3.8) is 0 Å². The number of halogens is 1. The van der Waals surface area contributed by atoms with Gasteiger partial charge in [-0.05, 0) is 60.4 Å². The summed E-state index contributed by atoms with van der Waals surface area (Å²) in [5.74, 6) is 0.107. The van der Waals surface area contributed by atoms with Gasteiger partial charge in [-0.15, -0.1) is 11.3 Å². The third kappa shape index (κ3) is 5.61. The fourth-order valence-corrected chi connectivity index (χ4v) is 6.87. The molecule has 2 aromatic carbocycles. The molecule has 7 nitrogen and oxygen atoms in total. The number of hydrogen-bond acceptors (Lipinski definition) is 7. The highest BCUT2D eigenvalue weighted by Crippen LogP contribution is 2.34. The van der Waals surface area contributed by atoms with Gasteiger partial charge in [0.25, 0.3) is 10.0 Å². The Morgan fingerprint density at radius 1 is 1.26 bits per heavy atom. The van der Waals surface area contributed by atoms with Gasteiger partial charge in [-0.3, -0.25) is 4.90 Å². The fraction of sp³-hybridized carbons (Fsp3) is 0.360. The molecule has 1 atom stereocenters. The van der Waals surface area contributed by atoms with E-state index >= 15 is 0 Å². The van der Waals surface area contributed by atoms with Gasteiger partial charge in [0.2, 0.25) is 4.34 Å². The molecule has 186 valence electrons. The molecule has 0 radical (unpaired) electrons. The minimum atomic E-state index is -3.67. The van der Waals surface area contributed by atoms with Crippen LogP contribution >= 0.6 is 11.3 Å². The summed E-state index contributed by atoms with van der Waals surface area (Å²) >= 11 is 1.13. The molecule has 0 saturated carbocycles. The number of aryl methyl sites for hydroxylation is 1. The van der Waals surface area contributed by atoms with Crippen molar-refractivity contribution in [2.24, 2.45) is 5.92 Å². The summed E-state index contributed by atoms with van der Waals surface area (Å²) in [4.78, 5) is 6.38. The Hall–Kier alpha value is -2.66. The SMILES string of the molecule is Cc1cc(Nc2ccc(F)cc2)c(C=N)cc1[C@H]1CN(S(=O)(=O)c2nccs2)CCN1CC(C)C. The lowest BCUT2D eigenvalue weighted by atomic mass is 9.94. The topological polar surface area (TPSA) is 89.4 Å². The van der Waals surface area contributed by atoms with Crippen molar-refractivity contribution in [3.8, 4) is 0 Å². The number of nitrogens with zero attached hydrogens (tertiary/aromatic N) is 3. The number of sulfonamides is 1. The summed E-state index contributed by atoms with van der Waals surface area (Å²) in [6.45, 7) is 8.49. The summed E-state index contributed by atoms with van der Waals surface area (Å²) in [6.07, 6.45) is 2.80. The van der Waals surface area contributed by atoms with E-state index in [0.29, 0.717) is 31.1 Å². The first-order valence-electron chi connectivity index (χ1n) is 11.5. The molecular weight excluding hydrogens is 485 g/mol. The van der Waals surface area contributed by atoms with Gasteiger partial charge in [-0.1, -0.05) is 13.8 Å². The van der Waals surface area contributed by atoms with Crippen LogP contribution in [0.4, 0.5) is 15.8 Å². The van der Waals surface area contributed by atoms with Crippen molar-refractivity contribution in [1.29, 1.82) is 5.41 Å². The molecule has 1 saturated heterocycles. The second kappa shape index (κ2) is 10.5. The first-order valence-corrected chi connectivity index (χ1v) is 13.8. The number of hydrogen-bond donors (Lipinski definition) is 2. The Balaban J connectivity index is 1.69. The lowest BCUT2D eigenvalue weighted by molar-refractivity contribution is 0.105. The Morgan fingerprint density at radius 2 is 2.00 bits per heavy atom. The van der Waals surface area contributed by atoms with Crippen LogP contribution in [0.2, 0.25) is 0 Å². The largest absolute Gasteiger partial charge is 0.355 e. The molecule has 2 heterocycles. The Labute approximate surface area is 210 Å². The Bertz CT molecular complexity index is 1280. The number of piperazine rings is 1. The van der Waals surface area contributed by atoms with Crippen LogP contribution in [0, 0.1) is 24.1 Å². The van der Waals surface area contributed by atoms with Gasteiger partial charge in [0.05, 0.1) is 0 Å². The van der Waals surface area contributed by atoms with Crippen molar-refractivity contribution in [2.45, 2.75) is 31.2 Å². The van der Waals surface area contributed by atoms with Crippen LogP contribution in [-0.2, 0) is 10.0 Å². The van der Waals surface area contributed by atoms with Crippen LogP contribution in [0.1, 0.15) is 36.6 Å². The van der Waals surface area contributed by atoms with Crippen LogP contribution in [0.3, 0.4) is 0 Å². The normalized spacial score (nSPS) is 17.6. The molecule has 10 heteroatoms. The molecule has 1 aromatic heterocycles. The van der Waals surface area contributed by atoms with E-state index in [1.165, 1.54) is 28.8 Å². The summed E-state index contributed by atoms with van der Waals surface area (Å²) in [6, 6.07) is 9.86. The van der Waals surface area contributed by atoms with E-state index in [1.807, 2.05) is 19.1 Å². The summed E-state index contributed by atoms with van der Waals surface area (Å²) in [7, 11) is -3.67. The molecule has 0 amide bonds. The number of nitrogens with one attached hydrogen (secondary N) is 2. The molecular formula is C25H30FN5O2S2. The van der Waals surface area contributed by atoms with Crippen LogP contribution in [0.25, 0.3) is 0 Å². The average molecular weight is 516 g/mol. The number of rotatable bonds is 8. The maximum Gasteiger partial charge on any atom is 0.270 e. The van der Waals surface area contributed by atoms with E-state index in [-0.39, 0.29) is 16.2 Å². The third-order valence-electron chi connectivity index (χ3n) is 6.10. The minimum Gasteiger partial charge on any atom is -0.355 e. The van der Waals surface area contributed by atoms with Gasteiger partial charge in [-0.2, -0.15) is 4.31 Å². The first-order chi connectivity index (χ1) is 16.7. The number of anilines is 2. The van der Waals surface area contributed by atoms with Gasteiger partial charge < -0.3 is 10.7 Å². The zero-order valence-electron chi connectivity index (χ0n) is 20.0. The molecule has 2 N–H and O–H groups in total. The second-order valence-electron chi connectivity index (χ2n) is 9.14. The maximum atomic E-state index is 13.3. The average Bonchev–Trinajstić information content (AvgIpc) is 3.37. The Morgan fingerprint density at radius 3 is 2.63 bits per heavy atom. The van der Waals surface area contributed by atoms with Gasteiger partial charge in [0.1, 0.15) is 5.82 Å². The summed E-state index contributed by atoms with van der Waals surface area (Å²) in [5, 5.41) is 13.0. The van der Waals surface area contributed by atoms with E-state index in [9.17, 15) is 12.8 Å². The molecule has 1 aliphatic heterocycles. The van der Waals surface area contributed by atoms with E-state index in [2.05, 4.69) is 29.0 Å².